The van der Waals surface area contributed by atoms with Gasteiger partial charge >= 0.3 is 0 Å². The molecule has 1 aliphatic heterocycles. The van der Waals surface area contributed by atoms with Gasteiger partial charge in [0.15, 0.2) is 0 Å². The van der Waals surface area contributed by atoms with Crippen LogP contribution < -0.4 is 10.6 Å². The topological polar surface area (TPSA) is 53.6 Å². The van der Waals surface area contributed by atoms with Crippen molar-refractivity contribution in [3.05, 3.63) is 35.4 Å². The molecule has 7 heteroatoms. The average molecular weight is 378 g/mol. The first-order valence-corrected chi connectivity index (χ1v) is 8.13. The molecular formula is C17H29Cl2N3O2. The quantitative estimate of drug-likeness (QED) is 0.762. The number of hydrogen-bond acceptors (Lipinski definition) is 4. The number of nitrogens with zero attached hydrogens (tertiary/aromatic N) is 1. The summed E-state index contributed by atoms with van der Waals surface area (Å²) in [4.78, 5) is 14.5. The van der Waals surface area contributed by atoms with Crippen molar-refractivity contribution in [2.45, 2.75) is 33.0 Å². The predicted molar refractivity (Wildman–Crippen MR) is 102 cm³/mol. The van der Waals surface area contributed by atoms with E-state index in [-0.39, 0.29) is 36.8 Å². The van der Waals surface area contributed by atoms with Crippen LogP contribution in [-0.2, 0) is 22.6 Å². The Kier molecular flexibility index (Phi) is 12.1. The number of carbonyl (C=O) groups is 1. The lowest BCUT2D eigenvalue weighted by molar-refractivity contribution is -0.134. The standard InChI is InChI=1S/C17H27N3O2.2ClH/c1-3-20(4-2)13-15-8-6-5-7-14(15)11-19-17(21)16-12-18-9-10-22-16;;/h5-8,16,18H,3-4,9-13H2,1-2H3,(H,19,21);2*1H. The van der Waals surface area contributed by atoms with E-state index in [2.05, 4.69) is 47.6 Å². The van der Waals surface area contributed by atoms with Crippen LogP contribution in [0.5, 0.6) is 0 Å². The van der Waals surface area contributed by atoms with E-state index in [0.717, 1.165) is 26.2 Å². The summed E-state index contributed by atoms with van der Waals surface area (Å²) >= 11 is 0. The van der Waals surface area contributed by atoms with E-state index >= 15 is 0 Å². The normalized spacial score (nSPS) is 16.9. The summed E-state index contributed by atoms with van der Waals surface area (Å²) < 4.78 is 5.47. The van der Waals surface area contributed by atoms with Crippen molar-refractivity contribution in [1.29, 1.82) is 0 Å². The van der Waals surface area contributed by atoms with Crippen LogP contribution >= 0.6 is 24.8 Å². The second kappa shape index (κ2) is 12.5. The van der Waals surface area contributed by atoms with Crippen molar-refractivity contribution in [1.82, 2.24) is 15.5 Å². The zero-order valence-electron chi connectivity index (χ0n) is 14.4. The molecule has 1 amide bonds. The summed E-state index contributed by atoms with van der Waals surface area (Å²) in [5.74, 6) is -0.0372. The Morgan fingerprint density at radius 1 is 1.25 bits per heavy atom. The van der Waals surface area contributed by atoms with Crippen molar-refractivity contribution in [2.24, 2.45) is 0 Å². The molecule has 0 aromatic heterocycles. The van der Waals surface area contributed by atoms with Crippen LogP contribution in [0.3, 0.4) is 0 Å². The molecule has 0 spiro atoms. The van der Waals surface area contributed by atoms with Gasteiger partial charge in [-0.1, -0.05) is 38.1 Å². The molecule has 1 aromatic rings. The summed E-state index contributed by atoms with van der Waals surface area (Å²) in [7, 11) is 0. The highest BCUT2D eigenvalue weighted by Crippen LogP contribution is 2.12. The van der Waals surface area contributed by atoms with Gasteiger partial charge in [-0.25, -0.2) is 0 Å². The number of amides is 1. The number of halogens is 2. The third-order valence-corrected chi connectivity index (χ3v) is 4.08. The van der Waals surface area contributed by atoms with Crippen molar-refractivity contribution in [3.8, 4) is 0 Å². The Balaban J connectivity index is 0.00000264. The minimum absolute atomic E-state index is 0. The zero-order chi connectivity index (χ0) is 15.8. The number of nitrogens with one attached hydrogen (secondary N) is 2. The van der Waals surface area contributed by atoms with Gasteiger partial charge in [-0.15, -0.1) is 24.8 Å². The fourth-order valence-corrected chi connectivity index (χ4v) is 2.60. The SMILES string of the molecule is CCN(CC)Cc1ccccc1CNC(=O)C1CNCCO1.Cl.Cl. The lowest BCUT2D eigenvalue weighted by atomic mass is 10.1. The number of carbonyl (C=O) groups excluding carboxylic acids is 1. The number of ether oxygens (including phenoxy) is 1. The number of benzene rings is 1. The molecule has 1 saturated heterocycles. The minimum Gasteiger partial charge on any atom is -0.366 e. The third kappa shape index (κ3) is 6.95. The number of hydrogen-bond donors (Lipinski definition) is 2. The van der Waals surface area contributed by atoms with E-state index in [1.54, 1.807) is 0 Å². The molecule has 2 rings (SSSR count). The molecule has 5 nitrogen and oxygen atoms in total. The van der Waals surface area contributed by atoms with Crippen LogP contribution in [-0.4, -0.2) is 49.7 Å². The second-order valence-corrected chi connectivity index (χ2v) is 5.51. The summed E-state index contributed by atoms with van der Waals surface area (Å²) in [6, 6.07) is 8.29. The Morgan fingerprint density at radius 3 is 2.50 bits per heavy atom. The minimum atomic E-state index is -0.372. The van der Waals surface area contributed by atoms with Gasteiger partial charge in [-0.3, -0.25) is 9.69 Å². The van der Waals surface area contributed by atoms with Crippen LogP contribution in [0.4, 0.5) is 0 Å². The van der Waals surface area contributed by atoms with E-state index in [4.69, 9.17) is 4.74 Å². The van der Waals surface area contributed by atoms with Gasteiger partial charge in [0.1, 0.15) is 6.10 Å². The van der Waals surface area contributed by atoms with Crippen molar-refractivity contribution in [2.75, 3.05) is 32.8 Å². The van der Waals surface area contributed by atoms with Gasteiger partial charge in [-0.05, 0) is 24.2 Å². The summed E-state index contributed by atoms with van der Waals surface area (Å²) in [5.41, 5.74) is 2.45. The van der Waals surface area contributed by atoms with Gasteiger partial charge < -0.3 is 15.4 Å². The fourth-order valence-electron chi connectivity index (χ4n) is 2.60. The van der Waals surface area contributed by atoms with Crippen molar-refractivity contribution >= 4 is 30.7 Å². The smallest absolute Gasteiger partial charge is 0.250 e. The molecule has 24 heavy (non-hydrogen) atoms. The van der Waals surface area contributed by atoms with E-state index < -0.39 is 0 Å². The van der Waals surface area contributed by atoms with Crippen molar-refractivity contribution < 1.29 is 9.53 Å². The maximum absolute atomic E-state index is 12.1. The van der Waals surface area contributed by atoms with E-state index in [1.165, 1.54) is 11.1 Å². The molecule has 1 heterocycles. The Morgan fingerprint density at radius 2 is 1.92 bits per heavy atom. The molecule has 1 aliphatic rings. The molecule has 138 valence electrons. The lowest BCUT2D eigenvalue weighted by Gasteiger charge is -2.23. The first kappa shape index (κ1) is 23.1. The van der Waals surface area contributed by atoms with E-state index in [0.29, 0.717) is 19.7 Å². The molecule has 1 atom stereocenters. The Labute approximate surface area is 157 Å². The molecule has 1 aromatic carbocycles. The average Bonchev–Trinajstić information content (AvgIpc) is 2.59. The monoisotopic (exact) mass is 377 g/mol. The number of morpholine rings is 1. The van der Waals surface area contributed by atoms with Crippen LogP contribution in [0, 0.1) is 0 Å². The molecule has 1 fully saturated rings. The number of rotatable bonds is 7. The van der Waals surface area contributed by atoms with Gasteiger partial charge in [0.25, 0.3) is 5.91 Å². The zero-order valence-corrected chi connectivity index (χ0v) is 16.0. The highest BCUT2D eigenvalue weighted by atomic mass is 35.5. The predicted octanol–water partition coefficient (Wildman–Crippen LogP) is 1.98. The first-order valence-electron chi connectivity index (χ1n) is 8.13. The van der Waals surface area contributed by atoms with E-state index in [1.807, 2.05) is 6.07 Å². The van der Waals surface area contributed by atoms with Crippen LogP contribution in [0.25, 0.3) is 0 Å². The van der Waals surface area contributed by atoms with Crippen LogP contribution in [0.1, 0.15) is 25.0 Å². The van der Waals surface area contributed by atoms with Gasteiger partial charge in [0.2, 0.25) is 0 Å². The van der Waals surface area contributed by atoms with Gasteiger partial charge in [0, 0.05) is 26.2 Å². The maximum Gasteiger partial charge on any atom is 0.250 e. The van der Waals surface area contributed by atoms with Gasteiger partial charge in [-0.2, -0.15) is 0 Å². The lowest BCUT2D eigenvalue weighted by Crippen LogP contribution is -2.47. The van der Waals surface area contributed by atoms with Crippen LogP contribution in [0.15, 0.2) is 24.3 Å². The molecular weight excluding hydrogens is 349 g/mol. The summed E-state index contributed by atoms with van der Waals surface area (Å²) in [6.07, 6.45) is -0.372. The molecule has 0 aliphatic carbocycles. The molecule has 2 N–H and O–H groups in total. The highest BCUT2D eigenvalue weighted by molar-refractivity contribution is 5.85. The summed E-state index contributed by atoms with van der Waals surface area (Å²) in [6.45, 7) is 9.86. The highest BCUT2D eigenvalue weighted by Gasteiger charge is 2.21. The Hall–Kier alpha value is -0.850. The largest absolute Gasteiger partial charge is 0.366 e. The fraction of sp³-hybridized carbons (Fsp3) is 0.588. The molecule has 0 saturated carbocycles. The van der Waals surface area contributed by atoms with Gasteiger partial charge in [0.05, 0.1) is 6.61 Å². The first-order chi connectivity index (χ1) is 10.7. The molecule has 0 radical (unpaired) electrons. The second-order valence-electron chi connectivity index (χ2n) is 5.51. The van der Waals surface area contributed by atoms with E-state index in [9.17, 15) is 4.79 Å². The van der Waals surface area contributed by atoms with Crippen LogP contribution in [0.2, 0.25) is 0 Å². The Bertz CT molecular complexity index is 479. The van der Waals surface area contributed by atoms with Crippen molar-refractivity contribution in [3.63, 3.8) is 0 Å². The maximum atomic E-state index is 12.1. The third-order valence-electron chi connectivity index (χ3n) is 4.08. The summed E-state index contributed by atoms with van der Waals surface area (Å²) in [5, 5.41) is 6.17. The molecule has 0 bridgehead atoms. The molecule has 1 unspecified atom stereocenters.